The molecular formula is C12H20N2O5S2. The van der Waals surface area contributed by atoms with Gasteiger partial charge >= 0.3 is 5.97 Å². The summed E-state index contributed by atoms with van der Waals surface area (Å²) in [6, 6.07) is 0. The number of sulfonamides is 1. The van der Waals surface area contributed by atoms with E-state index in [9.17, 15) is 13.2 Å². The molecule has 0 radical (unpaired) electrons. The molecule has 0 saturated carbocycles. The molecule has 1 N–H and O–H groups in total. The van der Waals surface area contributed by atoms with Crippen LogP contribution < -0.4 is 4.72 Å². The van der Waals surface area contributed by atoms with Crippen LogP contribution >= 0.6 is 11.3 Å². The van der Waals surface area contributed by atoms with E-state index < -0.39 is 10.0 Å². The lowest BCUT2D eigenvalue weighted by Crippen LogP contribution is -2.21. The number of anilines is 1. The normalized spacial score (nSPS) is 11.6. The predicted molar refractivity (Wildman–Crippen MR) is 80.9 cm³/mol. The number of nitrogens with zero attached hydrogens (tertiary/aromatic N) is 1. The molecule has 9 heteroatoms. The lowest BCUT2D eigenvalue weighted by atomic mass is 10.3. The van der Waals surface area contributed by atoms with Gasteiger partial charge in [-0.1, -0.05) is 0 Å². The zero-order chi connectivity index (χ0) is 15.9. The summed E-state index contributed by atoms with van der Waals surface area (Å²) >= 11 is 1.13. The maximum Gasteiger partial charge on any atom is 0.311 e. The van der Waals surface area contributed by atoms with Crippen LogP contribution in [0.4, 0.5) is 5.13 Å². The summed E-state index contributed by atoms with van der Waals surface area (Å²) in [6.07, 6.45) is 0.0129. The van der Waals surface area contributed by atoms with Crippen LogP contribution in [0, 0.1) is 0 Å². The molecule has 7 nitrogen and oxygen atoms in total. The van der Waals surface area contributed by atoms with Crippen molar-refractivity contribution in [2.75, 3.05) is 23.7 Å². The highest BCUT2D eigenvalue weighted by molar-refractivity contribution is 7.92. The van der Waals surface area contributed by atoms with Crippen molar-refractivity contribution in [3.05, 3.63) is 11.1 Å². The van der Waals surface area contributed by atoms with Crippen molar-refractivity contribution in [1.29, 1.82) is 0 Å². The molecule has 0 spiro atoms. The maximum atomic E-state index is 11.8. The summed E-state index contributed by atoms with van der Waals surface area (Å²) in [4.78, 5) is 15.3. The molecule has 1 heterocycles. The quantitative estimate of drug-likeness (QED) is 0.685. The largest absolute Gasteiger partial charge is 0.466 e. The van der Waals surface area contributed by atoms with E-state index in [2.05, 4.69) is 9.71 Å². The minimum absolute atomic E-state index is 0.0174. The molecule has 21 heavy (non-hydrogen) atoms. The fourth-order valence-corrected chi connectivity index (χ4v) is 3.23. The van der Waals surface area contributed by atoms with Crippen molar-refractivity contribution < 1.29 is 22.7 Å². The molecule has 120 valence electrons. The summed E-state index contributed by atoms with van der Waals surface area (Å²) in [5.41, 5.74) is 0.481. The Bertz CT molecular complexity index is 554. The van der Waals surface area contributed by atoms with Crippen molar-refractivity contribution in [1.82, 2.24) is 4.98 Å². The third kappa shape index (κ3) is 7.39. The Balaban J connectivity index is 2.51. The van der Waals surface area contributed by atoms with E-state index in [1.165, 1.54) is 0 Å². The van der Waals surface area contributed by atoms with Crippen LogP contribution in [0.2, 0.25) is 0 Å². The van der Waals surface area contributed by atoms with E-state index in [0.717, 1.165) is 11.3 Å². The molecule has 0 fully saturated rings. The summed E-state index contributed by atoms with van der Waals surface area (Å²) in [7, 11) is -3.50. The SMILES string of the molecule is CCOC(=O)Cc1csc(NS(=O)(=O)CCOC(C)C)n1. The number of nitrogens with one attached hydrogen (secondary N) is 1. The number of hydrogen-bond donors (Lipinski definition) is 1. The van der Waals surface area contributed by atoms with E-state index in [0.29, 0.717) is 12.3 Å². The first kappa shape index (κ1) is 17.9. The lowest BCUT2D eigenvalue weighted by Gasteiger charge is -2.08. The average molecular weight is 336 g/mol. The Morgan fingerprint density at radius 3 is 2.81 bits per heavy atom. The third-order valence-electron chi connectivity index (χ3n) is 2.23. The van der Waals surface area contributed by atoms with Crippen molar-refractivity contribution in [3.63, 3.8) is 0 Å². The summed E-state index contributed by atoms with van der Waals surface area (Å²) in [5.74, 6) is -0.527. The number of carbonyl (C=O) groups excluding carboxylic acids is 1. The van der Waals surface area contributed by atoms with E-state index in [-0.39, 0.29) is 36.0 Å². The maximum absolute atomic E-state index is 11.8. The zero-order valence-electron chi connectivity index (χ0n) is 12.3. The van der Waals surface area contributed by atoms with Crippen LogP contribution in [0.1, 0.15) is 26.5 Å². The van der Waals surface area contributed by atoms with Gasteiger partial charge in [0.1, 0.15) is 0 Å². The minimum atomic E-state index is -3.50. The standard InChI is InChI=1S/C12H20N2O5S2/c1-4-18-11(15)7-10-8-20-12(13-10)14-21(16,17)6-5-19-9(2)3/h8-9H,4-7H2,1-3H3,(H,13,14). The Morgan fingerprint density at radius 1 is 1.48 bits per heavy atom. The second kappa shape index (κ2) is 8.30. The fourth-order valence-electron chi connectivity index (χ4n) is 1.37. The molecule has 1 rings (SSSR count). The summed E-state index contributed by atoms with van der Waals surface area (Å²) in [6.45, 7) is 5.81. The third-order valence-corrected chi connectivity index (χ3v) is 4.37. The van der Waals surface area contributed by atoms with Gasteiger partial charge in [0.25, 0.3) is 0 Å². The van der Waals surface area contributed by atoms with Gasteiger partial charge in [-0.25, -0.2) is 13.4 Å². The smallest absolute Gasteiger partial charge is 0.311 e. The highest BCUT2D eigenvalue weighted by Gasteiger charge is 2.14. The van der Waals surface area contributed by atoms with Crippen LogP contribution in [0.25, 0.3) is 0 Å². The van der Waals surface area contributed by atoms with Gasteiger partial charge in [0.05, 0.1) is 37.2 Å². The molecule has 0 bridgehead atoms. The molecule has 0 atom stereocenters. The van der Waals surface area contributed by atoms with Gasteiger partial charge in [-0.05, 0) is 20.8 Å². The molecular weight excluding hydrogens is 316 g/mol. The number of thiazole rings is 1. The van der Waals surface area contributed by atoms with Crippen molar-refractivity contribution in [3.8, 4) is 0 Å². The fraction of sp³-hybridized carbons (Fsp3) is 0.667. The van der Waals surface area contributed by atoms with E-state index >= 15 is 0 Å². The second-order valence-electron chi connectivity index (χ2n) is 4.47. The first-order valence-corrected chi connectivity index (χ1v) is 9.07. The number of hydrogen-bond acceptors (Lipinski definition) is 7. The van der Waals surface area contributed by atoms with Gasteiger partial charge < -0.3 is 9.47 Å². The molecule has 0 aliphatic carbocycles. The average Bonchev–Trinajstić information content (AvgIpc) is 2.74. The minimum Gasteiger partial charge on any atom is -0.466 e. The van der Waals surface area contributed by atoms with Crippen molar-refractivity contribution in [2.45, 2.75) is 33.3 Å². The van der Waals surface area contributed by atoms with Gasteiger partial charge in [-0.3, -0.25) is 9.52 Å². The summed E-state index contributed by atoms with van der Waals surface area (Å²) in [5, 5.41) is 1.86. The molecule has 0 aliphatic rings. The van der Waals surface area contributed by atoms with Gasteiger partial charge in [0.15, 0.2) is 5.13 Å². The number of rotatable bonds is 9. The number of ether oxygens (including phenoxy) is 2. The van der Waals surface area contributed by atoms with E-state index in [1.807, 2.05) is 13.8 Å². The Kier molecular flexibility index (Phi) is 7.06. The molecule has 1 aromatic heterocycles. The van der Waals surface area contributed by atoms with Gasteiger partial charge in [-0.2, -0.15) is 0 Å². The Morgan fingerprint density at radius 2 is 2.19 bits per heavy atom. The van der Waals surface area contributed by atoms with E-state index in [1.54, 1.807) is 12.3 Å². The van der Waals surface area contributed by atoms with Gasteiger partial charge in [0.2, 0.25) is 10.0 Å². The predicted octanol–water partition coefficient (Wildman–Crippen LogP) is 1.42. The molecule has 0 amide bonds. The monoisotopic (exact) mass is 336 g/mol. The van der Waals surface area contributed by atoms with Crippen LogP contribution in [0.3, 0.4) is 0 Å². The molecule has 0 aliphatic heterocycles. The second-order valence-corrected chi connectivity index (χ2v) is 7.17. The first-order chi connectivity index (χ1) is 9.82. The molecule has 0 unspecified atom stereocenters. The Labute approximate surface area is 128 Å². The van der Waals surface area contributed by atoms with Crippen molar-refractivity contribution in [2.24, 2.45) is 0 Å². The first-order valence-electron chi connectivity index (χ1n) is 6.54. The number of carbonyl (C=O) groups is 1. The van der Waals surface area contributed by atoms with E-state index in [4.69, 9.17) is 9.47 Å². The van der Waals surface area contributed by atoms with Crippen LogP contribution in [-0.4, -0.2) is 44.4 Å². The van der Waals surface area contributed by atoms with Crippen molar-refractivity contribution >= 4 is 32.5 Å². The van der Waals surface area contributed by atoms with Crippen LogP contribution in [0.15, 0.2) is 5.38 Å². The highest BCUT2D eigenvalue weighted by atomic mass is 32.2. The van der Waals surface area contributed by atoms with Gasteiger partial charge in [-0.15, -0.1) is 11.3 Å². The molecule has 1 aromatic rings. The number of esters is 1. The van der Waals surface area contributed by atoms with Crippen LogP contribution in [-0.2, 0) is 30.7 Å². The lowest BCUT2D eigenvalue weighted by molar-refractivity contribution is -0.142. The topological polar surface area (TPSA) is 94.6 Å². The molecule has 0 saturated heterocycles. The highest BCUT2D eigenvalue weighted by Crippen LogP contribution is 2.17. The van der Waals surface area contributed by atoms with Gasteiger partial charge in [0, 0.05) is 5.38 Å². The zero-order valence-corrected chi connectivity index (χ0v) is 13.9. The molecule has 0 aromatic carbocycles. The number of aromatic nitrogens is 1. The summed E-state index contributed by atoms with van der Waals surface area (Å²) < 4.78 is 36.0. The Hall–Kier alpha value is -1.19. The van der Waals surface area contributed by atoms with Crippen LogP contribution in [0.5, 0.6) is 0 Å².